The van der Waals surface area contributed by atoms with Crippen molar-refractivity contribution in [3.63, 3.8) is 0 Å². The molecule has 0 spiro atoms. The van der Waals surface area contributed by atoms with Crippen molar-refractivity contribution in [2.75, 3.05) is 0 Å². The molecule has 0 aliphatic heterocycles. The Morgan fingerprint density at radius 1 is 0.774 bits per heavy atom. The van der Waals surface area contributed by atoms with Crippen LogP contribution in [0.3, 0.4) is 0 Å². The van der Waals surface area contributed by atoms with Gasteiger partial charge in [-0.15, -0.1) is 4.73 Å². The molecule has 5 nitrogen and oxygen atoms in total. The molecule has 3 aromatic heterocycles. The van der Waals surface area contributed by atoms with E-state index in [1.54, 1.807) is 12.3 Å². The Hall–Kier alpha value is -3.32. The molecule has 0 aliphatic carbocycles. The highest BCUT2D eigenvalue weighted by atomic mass is 35.5. The average molecular weight is 446 g/mol. The third-order valence-corrected chi connectivity index (χ3v) is 5.56. The third kappa shape index (κ3) is 4.27. The Kier molecular flexibility index (Phi) is 5.58. The first kappa shape index (κ1) is 19.6. The predicted octanol–water partition coefficient (Wildman–Crippen LogP) is 6.49. The van der Waals surface area contributed by atoms with Crippen molar-refractivity contribution >= 4 is 34.7 Å². The first-order valence-electron chi connectivity index (χ1n) is 9.53. The molecule has 0 atom stereocenters. The quantitative estimate of drug-likeness (QED) is 0.129. The van der Waals surface area contributed by atoms with Gasteiger partial charge in [0.1, 0.15) is 5.15 Å². The van der Waals surface area contributed by atoms with E-state index in [9.17, 15) is 0 Å². The molecule has 5 rings (SSSR count). The summed E-state index contributed by atoms with van der Waals surface area (Å²) >= 11 is 7.11. The van der Waals surface area contributed by atoms with Crippen LogP contribution in [0.25, 0.3) is 33.3 Å². The van der Waals surface area contributed by atoms with Gasteiger partial charge in [0.15, 0.2) is 5.65 Å². The molecule has 3 heterocycles. The maximum Gasteiger partial charge on any atom is 0.179 e. The third-order valence-electron chi connectivity index (χ3n) is 4.74. The van der Waals surface area contributed by atoms with Crippen molar-refractivity contribution in [2.45, 2.75) is 4.90 Å². The van der Waals surface area contributed by atoms with Gasteiger partial charge in [0.05, 0.1) is 18.2 Å². The van der Waals surface area contributed by atoms with Gasteiger partial charge >= 0.3 is 0 Å². The van der Waals surface area contributed by atoms with Gasteiger partial charge in [-0.2, -0.15) is 0 Å². The van der Waals surface area contributed by atoms with Gasteiger partial charge in [0.25, 0.3) is 0 Å². The standard InChI is InChI=1S/C24H16ClN3O2S/c25-23-12-11-18(14-26-23)22-16-28(29-30-31-20-9-5-2-6-10-20)24-21(22)13-19(15-27-24)17-7-3-1-4-8-17/h1-16H. The van der Waals surface area contributed by atoms with Gasteiger partial charge < -0.3 is 0 Å². The molecule has 0 amide bonds. The highest BCUT2D eigenvalue weighted by molar-refractivity contribution is 7.94. The van der Waals surface area contributed by atoms with Crippen molar-refractivity contribution in [3.8, 4) is 22.3 Å². The fourth-order valence-corrected chi connectivity index (χ4v) is 3.81. The van der Waals surface area contributed by atoms with Crippen LogP contribution >= 0.6 is 23.6 Å². The summed E-state index contributed by atoms with van der Waals surface area (Å²) in [5, 5.41) is 1.35. The second kappa shape index (κ2) is 8.81. The van der Waals surface area contributed by atoms with Crippen molar-refractivity contribution in [2.24, 2.45) is 0 Å². The second-order valence-corrected chi connectivity index (χ2v) is 7.90. The maximum absolute atomic E-state index is 5.98. The van der Waals surface area contributed by atoms with Crippen LogP contribution in [0.2, 0.25) is 5.15 Å². The lowest BCUT2D eigenvalue weighted by Crippen LogP contribution is -2.07. The van der Waals surface area contributed by atoms with Gasteiger partial charge in [0.2, 0.25) is 0 Å². The lowest BCUT2D eigenvalue weighted by atomic mass is 10.0. The van der Waals surface area contributed by atoms with Gasteiger partial charge in [-0.1, -0.05) is 64.5 Å². The van der Waals surface area contributed by atoms with Crippen LogP contribution in [-0.2, 0) is 4.33 Å². The first-order valence-corrected chi connectivity index (χ1v) is 10.6. The minimum Gasteiger partial charge on any atom is -0.244 e. The Labute approximate surface area is 188 Å². The molecular weight excluding hydrogens is 430 g/mol. The highest BCUT2D eigenvalue weighted by Crippen LogP contribution is 2.32. The number of hydrogen-bond donors (Lipinski definition) is 0. The Bertz CT molecular complexity index is 1310. The summed E-state index contributed by atoms with van der Waals surface area (Å²) in [5.41, 5.74) is 4.55. The molecule has 5 aromatic rings. The van der Waals surface area contributed by atoms with Crippen LogP contribution in [0, 0.1) is 0 Å². The van der Waals surface area contributed by atoms with Crippen molar-refractivity contribution in [3.05, 3.63) is 103 Å². The van der Waals surface area contributed by atoms with Gasteiger partial charge in [-0.3, -0.25) is 0 Å². The summed E-state index contributed by atoms with van der Waals surface area (Å²) < 4.78 is 6.92. The Morgan fingerprint density at radius 2 is 1.52 bits per heavy atom. The number of fused-ring (bicyclic) bond motifs is 1. The minimum atomic E-state index is 0.439. The number of aromatic nitrogens is 3. The first-order chi connectivity index (χ1) is 15.3. The molecule has 152 valence electrons. The molecule has 0 saturated heterocycles. The van der Waals surface area contributed by atoms with Gasteiger partial charge in [0, 0.05) is 39.4 Å². The van der Waals surface area contributed by atoms with E-state index in [0.29, 0.717) is 10.8 Å². The Balaban J connectivity index is 1.53. The molecule has 7 heteroatoms. The number of halogens is 1. The summed E-state index contributed by atoms with van der Waals surface area (Å²) in [4.78, 5) is 15.4. The zero-order valence-electron chi connectivity index (χ0n) is 16.2. The molecular formula is C24H16ClN3O2S. The summed E-state index contributed by atoms with van der Waals surface area (Å²) in [6.45, 7) is 0. The zero-order chi connectivity index (χ0) is 21.0. The van der Waals surface area contributed by atoms with E-state index in [4.69, 9.17) is 20.9 Å². The smallest absolute Gasteiger partial charge is 0.179 e. The molecule has 0 aliphatic rings. The van der Waals surface area contributed by atoms with Crippen molar-refractivity contribution in [1.29, 1.82) is 0 Å². The van der Waals surface area contributed by atoms with Gasteiger partial charge in [-0.05, 0) is 35.9 Å². The summed E-state index contributed by atoms with van der Waals surface area (Å²) in [5.74, 6) is 0. The molecule has 0 unspecified atom stereocenters. The lowest BCUT2D eigenvalue weighted by Gasteiger charge is -2.05. The predicted molar refractivity (Wildman–Crippen MR) is 123 cm³/mol. The molecule has 0 bridgehead atoms. The monoisotopic (exact) mass is 445 g/mol. The number of nitrogens with zero attached hydrogens (tertiary/aromatic N) is 3. The van der Waals surface area contributed by atoms with E-state index >= 15 is 0 Å². The number of benzene rings is 2. The molecule has 0 radical (unpaired) electrons. The fraction of sp³-hybridized carbons (Fsp3) is 0. The van der Waals surface area contributed by atoms with Crippen molar-refractivity contribution < 1.29 is 9.32 Å². The zero-order valence-corrected chi connectivity index (χ0v) is 17.8. The van der Waals surface area contributed by atoms with Crippen LogP contribution in [0.5, 0.6) is 0 Å². The van der Waals surface area contributed by atoms with Gasteiger partial charge in [-0.25, -0.2) is 15.0 Å². The van der Waals surface area contributed by atoms with E-state index in [2.05, 4.69) is 28.2 Å². The van der Waals surface area contributed by atoms with E-state index in [1.807, 2.05) is 67.0 Å². The van der Waals surface area contributed by atoms with E-state index in [-0.39, 0.29) is 0 Å². The van der Waals surface area contributed by atoms with Crippen LogP contribution in [0.4, 0.5) is 0 Å². The fourth-order valence-electron chi connectivity index (χ4n) is 3.25. The molecule has 31 heavy (non-hydrogen) atoms. The highest BCUT2D eigenvalue weighted by Gasteiger charge is 2.15. The van der Waals surface area contributed by atoms with Crippen LogP contribution in [-0.4, -0.2) is 14.7 Å². The van der Waals surface area contributed by atoms with E-state index < -0.39 is 0 Å². The van der Waals surface area contributed by atoms with Crippen molar-refractivity contribution in [1.82, 2.24) is 14.7 Å². The normalized spacial score (nSPS) is 11.0. The number of pyridine rings is 2. The van der Waals surface area contributed by atoms with Crippen LogP contribution < -0.4 is 4.99 Å². The van der Waals surface area contributed by atoms with Crippen LogP contribution in [0.1, 0.15) is 0 Å². The van der Waals surface area contributed by atoms with Crippen LogP contribution in [0.15, 0.2) is 102 Å². The van der Waals surface area contributed by atoms with E-state index in [1.165, 1.54) is 4.73 Å². The molecule has 0 saturated carbocycles. The summed E-state index contributed by atoms with van der Waals surface area (Å²) in [6.07, 6.45) is 5.39. The SMILES string of the molecule is Clc1ccc(-c2cn(OOSc3ccccc3)c3ncc(-c4ccccc4)cc23)cn1. The second-order valence-electron chi connectivity index (χ2n) is 6.74. The maximum atomic E-state index is 5.98. The van der Waals surface area contributed by atoms with E-state index in [0.717, 1.165) is 44.6 Å². The summed E-state index contributed by atoms with van der Waals surface area (Å²) in [6, 6.07) is 25.6. The average Bonchev–Trinajstić information content (AvgIpc) is 3.19. The molecule has 0 N–H and O–H groups in total. The number of rotatable bonds is 6. The molecule has 0 fully saturated rings. The summed E-state index contributed by atoms with van der Waals surface area (Å²) in [7, 11) is 0. The number of hydrogen-bond acceptors (Lipinski definition) is 5. The Morgan fingerprint density at radius 3 is 2.26 bits per heavy atom. The minimum absolute atomic E-state index is 0.439. The molecule has 2 aromatic carbocycles. The largest absolute Gasteiger partial charge is 0.244 e. The lowest BCUT2D eigenvalue weighted by molar-refractivity contribution is -0.188. The topological polar surface area (TPSA) is 49.2 Å².